The topological polar surface area (TPSA) is 75.4 Å². The number of aryl methyl sites for hydroxylation is 1. The van der Waals surface area contributed by atoms with Crippen LogP contribution >= 0.6 is 0 Å². The van der Waals surface area contributed by atoms with E-state index < -0.39 is 11.9 Å². The van der Waals surface area contributed by atoms with Crippen LogP contribution in [0.25, 0.3) is 0 Å². The molecule has 0 saturated heterocycles. The summed E-state index contributed by atoms with van der Waals surface area (Å²) in [6, 6.07) is 0. The fourth-order valence-corrected chi connectivity index (χ4v) is 2.61. The first-order valence-electron chi connectivity index (χ1n) is 7.36. The van der Waals surface area contributed by atoms with E-state index in [0.29, 0.717) is 23.5 Å². The van der Waals surface area contributed by atoms with Crippen molar-refractivity contribution in [3.8, 4) is 0 Å². The van der Waals surface area contributed by atoms with Gasteiger partial charge in [-0.3, -0.25) is 9.36 Å². The molecule has 6 heteroatoms. The van der Waals surface area contributed by atoms with E-state index in [4.69, 9.17) is 0 Å². The molecule has 1 rings (SSSR count). The number of likely N-dealkylation sites (N-methyl/N-ethyl adjacent to an activating group) is 1. The summed E-state index contributed by atoms with van der Waals surface area (Å²) in [5.41, 5.74) is 1.54. The van der Waals surface area contributed by atoms with E-state index in [2.05, 4.69) is 23.7 Å². The first kappa shape index (κ1) is 17.4. The number of aromatic nitrogens is 2. The van der Waals surface area contributed by atoms with Crippen molar-refractivity contribution < 1.29 is 9.90 Å². The summed E-state index contributed by atoms with van der Waals surface area (Å²) in [5.74, 6) is -1.57. The van der Waals surface area contributed by atoms with E-state index in [0.717, 1.165) is 19.6 Å². The van der Waals surface area contributed by atoms with E-state index >= 15 is 0 Å². The second kappa shape index (κ2) is 7.36. The van der Waals surface area contributed by atoms with Crippen LogP contribution in [0.1, 0.15) is 43.6 Å². The monoisotopic (exact) mass is 295 g/mol. The van der Waals surface area contributed by atoms with Gasteiger partial charge in [-0.1, -0.05) is 13.8 Å². The van der Waals surface area contributed by atoms with Gasteiger partial charge < -0.3 is 10.0 Å². The zero-order chi connectivity index (χ0) is 16.2. The number of hydrogen-bond donors (Lipinski definition) is 1. The SMILES string of the molecule is CCN(CC)CCn1c(C)c(C(C)C(=O)O)c(C)nc1=O. The first-order valence-corrected chi connectivity index (χ1v) is 7.36. The Kier molecular flexibility index (Phi) is 6.08. The average Bonchev–Trinajstić information content (AvgIpc) is 2.42. The number of carboxylic acids is 1. The van der Waals surface area contributed by atoms with Crippen LogP contribution < -0.4 is 5.69 Å². The van der Waals surface area contributed by atoms with Crippen LogP contribution in [-0.4, -0.2) is 45.2 Å². The molecule has 0 aliphatic heterocycles. The molecule has 1 heterocycles. The van der Waals surface area contributed by atoms with Gasteiger partial charge >= 0.3 is 11.7 Å². The Bertz CT molecular complexity index is 562. The molecule has 1 unspecified atom stereocenters. The van der Waals surface area contributed by atoms with Crippen LogP contribution in [0.2, 0.25) is 0 Å². The number of nitrogens with zero attached hydrogens (tertiary/aromatic N) is 3. The summed E-state index contributed by atoms with van der Waals surface area (Å²) in [6.45, 7) is 12.4. The minimum Gasteiger partial charge on any atom is -0.481 e. The van der Waals surface area contributed by atoms with Crippen LogP contribution in [-0.2, 0) is 11.3 Å². The average molecular weight is 295 g/mol. The van der Waals surface area contributed by atoms with Gasteiger partial charge in [-0.05, 0) is 33.9 Å². The highest BCUT2D eigenvalue weighted by molar-refractivity contribution is 5.76. The van der Waals surface area contributed by atoms with Crippen molar-refractivity contribution in [2.45, 2.75) is 47.1 Å². The Hall–Kier alpha value is -1.69. The van der Waals surface area contributed by atoms with Crippen molar-refractivity contribution >= 4 is 5.97 Å². The molecule has 1 aromatic heterocycles. The lowest BCUT2D eigenvalue weighted by atomic mass is 9.98. The zero-order valence-electron chi connectivity index (χ0n) is 13.5. The molecular weight excluding hydrogens is 270 g/mol. The standard InChI is InChI=1S/C15H25N3O3/c1-6-17(7-2)8-9-18-12(5)13(10(3)14(19)20)11(4)16-15(18)21/h10H,6-9H2,1-5H3,(H,19,20). The van der Waals surface area contributed by atoms with Gasteiger partial charge in [0.2, 0.25) is 0 Å². The Morgan fingerprint density at radius 1 is 1.33 bits per heavy atom. The van der Waals surface area contributed by atoms with Gasteiger partial charge in [0.1, 0.15) is 0 Å². The van der Waals surface area contributed by atoms with E-state index in [1.807, 2.05) is 0 Å². The highest BCUT2D eigenvalue weighted by Crippen LogP contribution is 2.21. The van der Waals surface area contributed by atoms with Gasteiger partial charge in [-0.25, -0.2) is 4.79 Å². The third-order valence-electron chi connectivity index (χ3n) is 4.02. The fourth-order valence-electron chi connectivity index (χ4n) is 2.61. The minimum absolute atomic E-state index is 0.307. The smallest absolute Gasteiger partial charge is 0.348 e. The molecule has 0 bridgehead atoms. The third-order valence-corrected chi connectivity index (χ3v) is 4.02. The summed E-state index contributed by atoms with van der Waals surface area (Å²) in [7, 11) is 0. The normalized spacial score (nSPS) is 12.7. The molecule has 0 radical (unpaired) electrons. The van der Waals surface area contributed by atoms with Gasteiger partial charge in [0.05, 0.1) is 5.92 Å². The summed E-state index contributed by atoms with van der Waals surface area (Å²) in [6.07, 6.45) is 0. The van der Waals surface area contributed by atoms with Crippen molar-refractivity contribution in [3.05, 3.63) is 27.4 Å². The van der Waals surface area contributed by atoms with Gasteiger partial charge in [-0.15, -0.1) is 0 Å². The summed E-state index contributed by atoms with van der Waals surface area (Å²) in [5, 5.41) is 9.22. The quantitative estimate of drug-likeness (QED) is 0.822. The second-order valence-corrected chi connectivity index (χ2v) is 5.22. The van der Waals surface area contributed by atoms with Crippen molar-refractivity contribution in [2.75, 3.05) is 19.6 Å². The maximum atomic E-state index is 12.1. The molecule has 0 aromatic carbocycles. The van der Waals surface area contributed by atoms with Gasteiger partial charge in [0, 0.05) is 30.0 Å². The molecule has 0 aliphatic rings. The predicted octanol–water partition coefficient (Wildman–Crippen LogP) is 1.39. The number of aliphatic carboxylic acids is 1. The zero-order valence-corrected chi connectivity index (χ0v) is 13.5. The lowest BCUT2D eigenvalue weighted by Crippen LogP contribution is -2.34. The molecule has 6 nitrogen and oxygen atoms in total. The fraction of sp³-hybridized carbons (Fsp3) is 0.667. The van der Waals surface area contributed by atoms with Gasteiger partial charge in [-0.2, -0.15) is 4.98 Å². The number of hydrogen-bond acceptors (Lipinski definition) is 4. The van der Waals surface area contributed by atoms with E-state index in [-0.39, 0.29) is 5.69 Å². The number of rotatable bonds is 7. The molecule has 1 N–H and O–H groups in total. The van der Waals surface area contributed by atoms with E-state index in [1.54, 1.807) is 25.3 Å². The lowest BCUT2D eigenvalue weighted by molar-refractivity contribution is -0.138. The molecule has 1 aromatic rings. The third kappa shape index (κ3) is 3.91. The Morgan fingerprint density at radius 2 is 1.90 bits per heavy atom. The first-order chi connectivity index (χ1) is 9.83. The van der Waals surface area contributed by atoms with Crippen LogP contribution in [0, 0.1) is 13.8 Å². The summed E-state index contributed by atoms with van der Waals surface area (Å²) in [4.78, 5) is 29.5. The Morgan fingerprint density at radius 3 is 2.38 bits per heavy atom. The van der Waals surface area contributed by atoms with Crippen molar-refractivity contribution in [2.24, 2.45) is 0 Å². The Labute approximate surface area is 125 Å². The lowest BCUT2D eigenvalue weighted by Gasteiger charge is -2.21. The van der Waals surface area contributed by atoms with Crippen LogP contribution in [0.4, 0.5) is 0 Å². The molecule has 0 fully saturated rings. The molecule has 0 saturated carbocycles. The maximum absolute atomic E-state index is 12.1. The second-order valence-electron chi connectivity index (χ2n) is 5.22. The molecule has 118 valence electrons. The predicted molar refractivity (Wildman–Crippen MR) is 81.8 cm³/mol. The summed E-state index contributed by atoms with van der Waals surface area (Å²) < 4.78 is 1.58. The van der Waals surface area contributed by atoms with Crippen molar-refractivity contribution in [1.29, 1.82) is 0 Å². The van der Waals surface area contributed by atoms with Crippen molar-refractivity contribution in [1.82, 2.24) is 14.5 Å². The molecule has 0 spiro atoms. The van der Waals surface area contributed by atoms with Crippen LogP contribution in [0.5, 0.6) is 0 Å². The molecule has 0 amide bonds. The van der Waals surface area contributed by atoms with E-state index in [1.165, 1.54) is 0 Å². The highest BCUT2D eigenvalue weighted by atomic mass is 16.4. The number of carboxylic acid groups (broad SMARTS) is 1. The minimum atomic E-state index is -0.906. The molecule has 0 aliphatic carbocycles. The Balaban J connectivity index is 3.18. The number of carbonyl (C=O) groups is 1. The maximum Gasteiger partial charge on any atom is 0.348 e. The summed E-state index contributed by atoms with van der Waals surface area (Å²) >= 11 is 0. The van der Waals surface area contributed by atoms with Crippen LogP contribution in [0.15, 0.2) is 4.79 Å². The van der Waals surface area contributed by atoms with Gasteiger partial charge in [0.25, 0.3) is 0 Å². The van der Waals surface area contributed by atoms with Crippen molar-refractivity contribution in [3.63, 3.8) is 0 Å². The highest BCUT2D eigenvalue weighted by Gasteiger charge is 2.22. The van der Waals surface area contributed by atoms with Gasteiger partial charge in [0.15, 0.2) is 0 Å². The molecule has 21 heavy (non-hydrogen) atoms. The molecular formula is C15H25N3O3. The van der Waals surface area contributed by atoms with E-state index in [9.17, 15) is 14.7 Å². The van der Waals surface area contributed by atoms with Crippen LogP contribution in [0.3, 0.4) is 0 Å². The largest absolute Gasteiger partial charge is 0.481 e. The molecule has 1 atom stereocenters.